The Bertz CT molecular complexity index is 513. The van der Waals surface area contributed by atoms with Gasteiger partial charge in [0.15, 0.2) is 0 Å². The Balaban J connectivity index is 1.95. The molecule has 96 valence electrons. The highest BCUT2D eigenvalue weighted by atomic mass is 16.5. The number of hydrogen-bond acceptors (Lipinski definition) is 4. The minimum atomic E-state index is 0.540. The van der Waals surface area contributed by atoms with Gasteiger partial charge in [-0.05, 0) is 56.1 Å². The van der Waals surface area contributed by atoms with Crippen LogP contribution in [0.4, 0.5) is 5.82 Å². The molecule has 0 radical (unpaired) electrons. The van der Waals surface area contributed by atoms with Crippen LogP contribution in [0.2, 0.25) is 0 Å². The van der Waals surface area contributed by atoms with Crippen molar-refractivity contribution in [3.05, 3.63) is 30.3 Å². The van der Waals surface area contributed by atoms with Crippen molar-refractivity contribution in [1.29, 1.82) is 0 Å². The number of hydrogen-bond donors (Lipinski definition) is 2. The predicted molar refractivity (Wildman–Crippen MR) is 74.6 cm³/mol. The molecule has 0 aliphatic carbocycles. The van der Waals surface area contributed by atoms with Gasteiger partial charge in [-0.1, -0.05) is 0 Å². The maximum Gasteiger partial charge on any atom is 0.124 e. The molecule has 0 spiro atoms. The minimum Gasteiger partial charge on any atom is -0.494 e. The number of unbranched alkanes of at least 4 members (excludes halogenated alkanes) is 2. The second-order valence-electron chi connectivity index (χ2n) is 4.29. The van der Waals surface area contributed by atoms with Gasteiger partial charge in [-0.25, -0.2) is 4.98 Å². The summed E-state index contributed by atoms with van der Waals surface area (Å²) in [5.74, 6) is 1.42. The van der Waals surface area contributed by atoms with Gasteiger partial charge in [0.1, 0.15) is 11.6 Å². The predicted octanol–water partition coefficient (Wildman–Crippen LogP) is 2.32. The topological polar surface area (TPSA) is 74.2 Å². The molecule has 0 bridgehead atoms. The lowest BCUT2D eigenvalue weighted by Gasteiger charge is -2.07. The summed E-state index contributed by atoms with van der Waals surface area (Å²) in [5.41, 5.74) is 12.0. The molecule has 0 aliphatic rings. The zero-order chi connectivity index (χ0) is 12.8. The maximum atomic E-state index is 5.69. The van der Waals surface area contributed by atoms with Gasteiger partial charge in [0, 0.05) is 5.39 Å². The van der Waals surface area contributed by atoms with Gasteiger partial charge in [0.05, 0.1) is 12.1 Å². The van der Waals surface area contributed by atoms with E-state index in [2.05, 4.69) is 4.98 Å². The van der Waals surface area contributed by atoms with Crippen molar-refractivity contribution in [3.8, 4) is 5.75 Å². The van der Waals surface area contributed by atoms with Crippen molar-refractivity contribution in [2.24, 2.45) is 5.73 Å². The van der Waals surface area contributed by atoms with Crippen LogP contribution in [-0.2, 0) is 0 Å². The van der Waals surface area contributed by atoms with E-state index in [1.165, 1.54) is 0 Å². The van der Waals surface area contributed by atoms with Crippen LogP contribution in [0, 0.1) is 0 Å². The number of nitrogen functional groups attached to an aromatic ring is 1. The van der Waals surface area contributed by atoms with E-state index < -0.39 is 0 Å². The van der Waals surface area contributed by atoms with Crippen LogP contribution in [0.25, 0.3) is 10.9 Å². The van der Waals surface area contributed by atoms with Gasteiger partial charge < -0.3 is 16.2 Å². The molecule has 4 nitrogen and oxygen atoms in total. The van der Waals surface area contributed by atoms with E-state index in [1.54, 1.807) is 6.07 Å². The smallest absolute Gasteiger partial charge is 0.124 e. The van der Waals surface area contributed by atoms with E-state index >= 15 is 0 Å². The quantitative estimate of drug-likeness (QED) is 0.766. The van der Waals surface area contributed by atoms with Crippen LogP contribution in [0.3, 0.4) is 0 Å². The second kappa shape index (κ2) is 6.21. The van der Waals surface area contributed by atoms with Crippen LogP contribution in [0.1, 0.15) is 19.3 Å². The molecule has 18 heavy (non-hydrogen) atoms. The molecular weight excluding hydrogens is 226 g/mol. The molecule has 1 aromatic heterocycles. The van der Waals surface area contributed by atoms with Crippen molar-refractivity contribution >= 4 is 16.7 Å². The van der Waals surface area contributed by atoms with Gasteiger partial charge in [-0.3, -0.25) is 0 Å². The third kappa shape index (κ3) is 3.34. The Kier molecular flexibility index (Phi) is 4.36. The SMILES string of the molecule is NCCCCCOc1ccc2nc(N)ccc2c1. The molecule has 0 aliphatic heterocycles. The van der Waals surface area contributed by atoms with Crippen LogP contribution in [0.5, 0.6) is 5.75 Å². The molecule has 0 fully saturated rings. The van der Waals surface area contributed by atoms with Gasteiger partial charge in [-0.2, -0.15) is 0 Å². The first-order valence-corrected chi connectivity index (χ1v) is 6.29. The van der Waals surface area contributed by atoms with E-state index in [0.717, 1.165) is 49.1 Å². The van der Waals surface area contributed by atoms with Crippen LogP contribution in [0.15, 0.2) is 30.3 Å². The highest BCUT2D eigenvalue weighted by molar-refractivity contribution is 5.81. The first-order chi connectivity index (χ1) is 8.79. The Morgan fingerprint density at radius 1 is 1.06 bits per heavy atom. The molecular formula is C14H19N3O. The fourth-order valence-electron chi connectivity index (χ4n) is 1.82. The summed E-state index contributed by atoms with van der Waals surface area (Å²) in [6.45, 7) is 1.48. The van der Waals surface area contributed by atoms with Crippen molar-refractivity contribution < 1.29 is 4.74 Å². The number of nitrogens with two attached hydrogens (primary N) is 2. The van der Waals surface area contributed by atoms with Crippen LogP contribution < -0.4 is 16.2 Å². The number of benzene rings is 1. The van der Waals surface area contributed by atoms with Crippen molar-refractivity contribution in [1.82, 2.24) is 4.98 Å². The standard InChI is InChI=1S/C14H19N3O/c15-8-2-1-3-9-18-12-5-6-13-11(10-12)4-7-14(16)17-13/h4-7,10H,1-3,8-9,15H2,(H2,16,17). The average molecular weight is 245 g/mol. The summed E-state index contributed by atoms with van der Waals surface area (Å²) in [5, 5.41) is 1.05. The monoisotopic (exact) mass is 245 g/mol. The number of aromatic nitrogens is 1. The summed E-state index contributed by atoms with van der Waals surface area (Å²) in [7, 11) is 0. The molecule has 0 saturated carbocycles. The molecule has 2 aromatic rings. The highest BCUT2D eigenvalue weighted by Gasteiger charge is 1.99. The van der Waals surface area contributed by atoms with Gasteiger partial charge in [-0.15, -0.1) is 0 Å². The first-order valence-electron chi connectivity index (χ1n) is 6.29. The fourth-order valence-corrected chi connectivity index (χ4v) is 1.82. The zero-order valence-corrected chi connectivity index (χ0v) is 10.4. The third-order valence-electron chi connectivity index (χ3n) is 2.80. The summed E-state index contributed by atoms with van der Waals surface area (Å²) in [4.78, 5) is 4.25. The Hall–Kier alpha value is -1.81. The van der Waals surface area contributed by atoms with E-state index in [1.807, 2.05) is 24.3 Å². The van der Waals surface area contributed by atoms with E-state index in [0.29, 0.717) is 5.82 Å². The number of fused-ring (bicyclic) bond motifs is 1. The van der Waals surface area contributed by atoms with Gasteiger partial charge in [0.25, 0.3) is 0 Å². The Morgan fingerprint density at radius 2 is 1.94 bits per heavy atom. The molecule has 4 N–H and O–H groups in total. The largest absolute Gasteiger partial charge is 0.494 e. The van der Waals surface area contributed by atoms with E-state index in [-0.39, 0.29) is 0 Å². The van der Waals surface area contributed by atoms with Crippen molar-refractivity contribution in [2.75, 3.05) is 18.9 Å². The molecule has 2 rings (SSSR count). The van der Waals surface area contributed by atoms with Crippen LogP contribution >= 0.6 is 0 Å². The second-order valence-corrected chi connectivity index (χ2v) is 4.29. The number of rotatable bonds is 6. The lowest BCUT2D eigenvalue weighted by molar-refractivity contribution is 0.306. The molecule has 0 atom stereocenters. The van der Waals surface area contributed by atoms with Gasteiger partial charge in [0.2, 0.25) is 0 Å². The third-order valence-corrected chi connectivity index (χ3v) is 2.80. The highest BCUT2D eigenvalue weighted by Crippen LogP contribution is 2.20. The first kappa shape index (κ1) is 12.6. The summed E-state index contributed by atoms with van der Waals surface area (Å²) in [6, 6.07) is 9.61. The van der Waals surface area contributed by atoms with Crippen LogP contribution in [-0.4, -0.2) is 18.1 Å². The summed E-state index contributed by atoms with van der Waals surface area (Å²) < 4.78 is 5.69. The summed E-state index contributed by atoms with van der Waals surface area (Å²) >= 11 is 0. The lowest BCUT2D eigenvalue weighted by Crippen LogP contribution is -2.01. The van der Waals surface area contributed by atoms with E-state index in [4.69, 9.17) is 16.2 Å². The Morgan fingerprint density at radius 3 is 2.78 bits per heavy atom. The molecule has 1 aromatic carbocycles. The van der Waals surface area contributed by atoms with Crippen molar-refractivity contribution in [3.63, 3.8) is 0 Å². The number of anilines is 1. The molecule has 0 saturated heterocycles. The number of nitrogens with zero attached hydrogens (tertiary/aromatic N) is 1. The summed E-state index contributed by atoms with van der Waals surface area (Å²) in [6.07, 6.45) is 3.21. The average Bonchev–Trinajstić information content (AvgIpc) is 2.38. The number of pyridine rings is 1. The van der Waals surface area contributed by atoms with Crippen molar-refractivity contribution in [2.45, 2.75) is 19.3 Å². The molecule has 4 heteroatoms. The minimum absolute atomic E-state index is 0.540. The van der Waals surface area contributed by atoms with Gasteiger partial charge >= 0.3 is 0 Å². The zero-order valence-electron chi connectivity index (χ0n) is 10.4. The Labute approximate surface area is 107 Å². The molecule has 0 unspecified atom stereocenters. The molecule has 1 heterocycles. The lowest BCUT2D eigenvalue weighted by atomic mass is 10.2. The normalized spacial score (nSPS) is 10.7. The molecule has 0 amide bonds. The number of ether oxygens (including phenoxy) is 1. The van der Waals surface area contributed by atoms with E-state index in [9.17, 15) is 0 Å². The maximum absolute atomic E-state index is 5.69. The fraction of sp³-hybridized carbons (Fsp3) is 0.357.